The molecule has 72 valence electrons. The zero-order valence-corrected chi connectivity index (χ0v) is 10.7. The van der Waals surface area contributed by atoms with Crippen LogP contribution in [0.2, 0.25) is 0 Å². The lowest BCUT2D eigenvalue weighted by atomic mass is 11.5. The van der Waals surface area contributed by atoms with Crippen LogP contribution in [0.15, 0.2) is 0 Å². The maximum atomic E-state index is 4.60. The number of thioether (sulfide) groups is 2. The van der Waals surface area contributed by atoms with Crippen LogP contribution in [0.25, 0.3) is 0 Å². The first-order valence-corrected chi connectivity index (χ1v) is 6.12. The number of thiocarbonyl (C=S) groups is 2. The van der Waals surface area contributed by atoms with Crippen LogP contribution >= 0.6 is 48.0 Å². The Morgan fingerprint density at radius 3 is 1.17 bits per heavy atom. The molecule has 0 fully saturated rings. The Morgan fingerprint density at radius 2 is 1.17 bits per heavy atom. The molecule has 0 radical (unpaired) electrons. The highest BCUT2D eigenvalue weighted by molar-refractivity contribution is 8.22. The van der Waals surface area contributed by atoms with Gasteiger partial charge in [0, 0.05) is 0 Å². The van der Waals surface area contributed by atoms with E-state index in [1.54, 1.807) is 14.2 Å². The number of hydrogen-bond donors (Lipinski definition) is 0. The molecule has 0 aliphatic heterocycles. The van der Waals surface area contributed by atoms with E-state index in [4.69, 9.17) is 0 Å². The number of methoxy groups -OCH3 is 2. The molecule has 2 nitrogen and oxygen atoms in total. The molecule has 0 atom stereocenters. The quantitative estimate of drug-likeness (QED) is 0.605. The molecule has 0 aromatic heterocycles. The molecule has 0 saturated carbocycles. The Kier molecular flexibility index (Phi) is 14.3. The molecule has 0 spiro atoms. The number of rotatable bonds is 0. The van der Waals surface area contributed by atoms with Gasteiger partial charge in [-0.2, -0.15) is 0 Å². The van der Waals surface area contributed by atoms with Gasteiger partial charge in [0.25, 0.3) is 0 Å². The SMILES string of the molecule is COC(=S)SC.COC(=S)SC. The highest BCUT2D eigenvalue weighted by atomic mass is 32.2. The zero-order valence-electron chi connectivity index (χ0n) is 7.45. The number of ether oxygens (including phenoxy) is 2. The van der Waals surface area contributed by atoms with Crippen LogP contribution in [0.4, 0.5) is 0 Å². The standard InChI is InChI=1S/2C3H6OS2/c2*1-4-3(5)6-2/h2*1-2H3. The summed E-state index contributed by atoms with van der Waals surface area (Å²) in [6.45, 7) is 0. The van der Waals surface area contributed by atoms with Gasteiger partial charge in [0.05, 0.1) is 14.2 Å². The van der Waals surface area contributed by atoms with Crippen molar-refractivity contribution in [2.24, 2.45) is 0 Å². The van der Waals surface area contributed by atoms with Crippen molar-refractivity contribution in [1.82, 2.24) is 0 Å². The Bertz CT molecular complexity index is 110. The fraction of sp³-hybridized carbons (Fsp3) is 0.667. The monoisotopic (exact) mass is 244 g/mol. The van der Waals surface area contributed by atoms with E-state index in [0.717, 1.165) is 0 Å². The second kappa shape index (κ2) is 11.5. The highest BCUT2D eigenvalue weighted by Gasteiger charge is 1.82. The first-order chi connectivity index (χ1) is 5.62. The normalized spacial score (nSPS) is 7.67. The molecule has 0 rings (SSSR count). The molecule has 0 aliphatic rings. The molecule has 0 unspecified atom stereocenters. The van der Waals surface area contributed by atoms with Gasteiger partial charge in [0.1, 0.15) is 0 Å². The van der Waals surface area contributed by atoms with Gasteiger partial charge >= 0.3 is 0 Å². The van der Waals surface area contributed by atoms with Crippen molar-refractivity contribution in [2.75, 3.05) is 26.7 Å². The fourth-order valence-electron chi connectivity index (χ4n) is 0.167. The summed E-state index contributed by atoms with van der Waals surface area (Å²) in [5, 5.41) is 0. The molecule has 0 amide bonds. The highest BCUT2D eigenvalue weighted by Crippen LogP contribution is 1.96. The summed E-state index contributed by atoms with van der Waals surface area (Å²) < 4.78 is 10.4. The summed E-state index contributed by atoms with van der Waals surface area (Å²) in [4.78, 5) is 0. The van der Waals surface area contributed by atoms with Crippen LogP contribution in [-0.2, 0) is 9.47 Å². The molecule has 0 saturated heterocycles. The van der Waals surface area contributed by atoms with Crippen LogP contribution in [-0.4, -0.2) is 35.5 Å². The van der Waals surface area contributed by atoms with Gasteiger partial charge in [-0.25, -0.2) is 0 Å². The predicted octanol–water partition coefficient (Wildman–Crippen LogP) is 2.56. The summed E-state index contributed by atoms with van der Waals surface area (Å²) in [5.41, 5.74) is 0. The lowest BCUT2D eigenvalue weighted by molar-refractivity contribution is 0.426. The maximum absolute atomic E-state index is 4.60. The molecular weight excluding hydrogens is 232 g/mol. The molecule has 0 aromatic carbocycles. The van der Waals surface area contributed by atoms with Gasteiger partial charge < -0.3 is 9.47 Å². The van der Waals surface area contributed by atoms with Crippen molar-refractivity contribution in [1.29, 1.82) is 0 Å². The van der Waals surface area contributed by atoms with Crippen LogP contribution in [0.5, 0.6) is 0 Å². The van der Waals surface area contributed by atoms with E-state index in [2.05, 4.69) is 33.9 Å². The molecule has 6 heteroatoms. The van der Waals surface area contributed by atoms with Crippen LogP contribution < -0.4 is 0 Å². The Morgan fingerprint density at radius 1 is 0.917 bits per heavy atom. The zero-order chi connectivity index (χ0) is 9.98. The number of hydrogen-bond acceptors (Lipinski definition) is 6. The third-order valence-electron chi connectivity index (χ3n) is 0.667. The van der Waals surface area contributed by atoms with Crippen LogP contribution in [0.3, 0.4) is 0 Å². The lowest BCUT2D eigenvalue weighted by Crippen LogP contribution is -1.85. The van der Waals surface area contributed by atoms with Crippen LogP contribution in [0.1, 0.15) is 0 Å². The summed E-state index contributed by atoms with van der Waals surface area (Å²) in [6.07, 6.45) is 3.76. The summed E-state index contributed by atoms with van der Waals surface area (Å²) in [5.74, 6) is 0. The Balaban J connectivity index is 0. The van der Waals surface area contributed by atoms with E-state index in [1.165, 1.54) is 23.5 Å². The van der Waals surface area contributed by atoms with E-state index < -0.39 is 0 Å². The second-order valence-electron chi connectivity index (χ2n) is 1.32. The van der Waals surface area contributed by atoms with Crippen molar-refractivity contribution >= 4 is 56.7 Å². The van der Waals surface area contributed by atoms with E-state index in [-0.39, 0.29) is 0 Å². The first-order valence-electron chi connectivity index (χ1n) is 2.86. The van der Waals surface area contributed by atoms with Crippen molar-refractivity contribution in [3.8, 4) is 0 Å². The average Bonchev–Trinajstić information content (AvgIpc) is 2.16. The average molecular weight is 244 g/mol. The van der Waals surface area contributed by atoms with Crippen molar-refractivity contribution < 1.29 is 9.47 Å². The minimum Gasteiger partial charge on any atom is -0.482 e. The summed E-state index contributed by atoms with van der Waals surface area (Å²) in [6, 6.07) is 0. The second-order valence-corrected chi connectivity index (χ2v) is 4.13. The maximum Gasteiger partial charge on any atom is 0.219 e. The van der Waals surface area contributed by atoms with E-state index in [0.29, 0.717) is 8.77 Å². The van der Waals surface area contributed by atoms with Gasteiger partial charge in [-0.1, -0.05) is 23.5 Å². The molecule has 0 bridgehead atoms. The fourth-order valence-corrected chi connectivity index (χ4v) is 0.500. The summed E-state index contributed by atoms with van der Waals surface area (Å²) >= 11 is 12.1. The van der Waals surface area contributed by atoms with Crippen LogP contribution in [0, 0.1) is 0 Å². The van der Waals surface area contributed by atoms with Gasteiger partial charge in [0.15, 0.2) is 0 Å². The Hall–Kier alpha value is 0.480. The van der Waals surface area contributed by atoms with Crippen molar-refractivity contribution in [2.45, 2.75) is 0 Å². The van der Waals surface area contributed by atoms with Gasteiger partial charge in [-0.05, 0) is 36.9 Å². The van der Waals surface area contributed by atoms with E-state index >= 15 is 0 Å². The smallest absolute Gasteiger partial charge is 0.219 e. The topological polar surface area (TPSA) is 18.5 Å². The first kappa shape index (κ1) is 15.0. The third kappa shape index (κ3) is 13.1. The minimum atomic E-state index is 0.593. The Labute approximate surface area is 92.8 Å². The lowest BCUT2D eigenvalue weighted by Gasteiger charge is -1.90. The van der Waals surface area contributed by atoms with Crippen molar-refractivity contribution in [3.05, 3.63) is 0 Å². The largest absolute Gasteiger partial charge is 0.482 e. The predicted molar refractivity (Wildman–Crippen MR) is 66.2 cm³/mol. The third-order valence-corrected chi connectivity index (χ3v) is 3.00. The summed E-state index contributed by atoms with van der Waals surface area (Å²) in [7, 11) is 3.14. The molecular formula is C6H12O2S4. The van der Waals surface area contributed by atoms with Gasteiger partial charge in [0.2, 0.25) is 8.77 Å². The van der Waals surface area contributed by atoms with Crippen molar-refractivity contribution in [3.63, 3.8) is 0 Å². The molecule has 0 N–H and O–H groups in total. The molecule has 12 heavy (non-hydrogen) atoms. The molecule has 0 heterocycles. The molecule has 0 aromatic rings. The van der Waals surface area contributed by atoms with Gasteiger partial charge in [-0.15, -0.1) is 0 Å². The van der Waals surface area contributed by atoms with Gasteiger partial charge in [-0.3, -0.25) is 0 Å². The van der Waals surface area contributed by atoms with E-state index in [1.807, 2.05) is 12.5 Å². The van der Waals surface area contributed by atoms with E-state index in [9.17, 15) is 0 Å². The minimum absolute atomic E-state index is 0.593. The molecule has 0 aliphatic carbocycles.